The van der Waals surface area contributed by atoms with Gasteiger partial charge >= 0.3 is 39.5 Å². The minimum atomic E-state index is -4.95. The number of hydrogen-bond donors (Lipinski definition) is 3. The van der Waals surface area contributed by atoms with E-state index in [1.165, 1.54) is 161 Å². The lowest BCUT2D eigenvalue weighted by molar-refractivity contribution is -0.161. The monoisotopic (exact) mass is 1280 g/mol. The summed E-state index contributed by atoms with van der Waals surface area (Å²) in [6.07, 6.45) is 44.2. The van der Waals surface area contributed by atoms with Gasteiger partial charge in [0.2, 0.25) is 0 Å². The highest BCUT2D eigenvalue weighted by Gasteiger charge is 2.30. The fourth-order valence-corrected chi connectivity index (χ4v) is 11.8. The normalized spacial score (nSPS) is 14.5. The molecule has 0 rings (SSSR count). The number of carbonyl (C=O) groups is 4. The van der Waals surface area contributed by atoms with E-state index in [1.807, 2.05) is 0 Å². The van der Waals surface area contributed by atoms with Crippen LogP contribution in [-0.2, 0) is 65.4 Å². The van der Waals surface area contributed by atoms with Crippen LogP contribution in [0.25, 0.3) is 0 Å². The van der Waals surface area contributed by atoms with E-state index in [2.05, 4.69) is 41.5 Å². The van der Waals surface area contributed by atoms with Crippen LogP contribution in [0.2, 0.25) is 0 Å². The van der Waals surface area contributed by atoms with E-state index in [0.717, 1.165) is 102 Å². The third-order valence-corrected chi connectivity index (χ3v) is 18.0. The highest BCUT2D eigenvalue weighted by atomic mass is 31.2. The van der Waals surface area contributed by atoms with Crippen molar-refractivity contribution in [3.63, 3.8) is 0 Å². The maximum absolute atomic E-state index is 13.0. The van der Waals surface area contributed by atoms with Crippen molar-refractivity contribution in [2.75, 3.05) is 39.6 Å². The van der Waals surface area contributed by atoms with Gasteiger partial charge in [0.1, 0.15) is 19.3 Å². The molecule has 0 aliphatic heterocycles. The van der Waals surface area contributed by atoms with Gasteiger partial charge in [-0.25, -0.2) is 9.13 Å². The van der Waals surface area contributed by atoms with Crippen molar-refractivity contribution >= 4 is 39.5 Å². The number of carbonyl (C=O) groups excluding carboxylic acids is 4. The third kappa shape index (κ3) is 61.3. The number of phosphoric ester groups is 2. The Kier molecular flexibility index (Phi) is 59.0. The zero-order valence-electron chi connectivity index (χ0n) is 56.3. The molecular weight excluding hydrogens is 1150 g/mol. The van der Waals surface area contributed by atoms with Crippen LogP contribution in [0.5, 0.6) is 0 Å². The predicted octanol–water partition coefficient (Wildman–Crippen LogP) is 19.2. The molecule has 0 radical (unpaired) electrons. The Balaban J connectivity index is 5.25. The summed E-state index contributed by atoms with van der Waals surface area (Å²) in [5.41, 5.74) is 0. The lowest BCUT2D eigenvalue weighted by Crippen LogP contribution is -2.30. The second kappa shape index (κ2) is 60.3. The first-order chi connectivity index (χ1) is 41.9. The lowest BCUT2D eigenvalue weighted by atomic mass is 9.99. The number of aliphatic hydroxyl groups excluding tert-OH is 1. The molecule has 0 spiro atoms. The van der Waals surface area contributed by atoms with Gasteiger partial charge in [0, 0.05) is 25.7 Å². The standard InChI is InChI=1S/C68H132O17P2/c1-7-10-12-14-16-18-19-20-27-34-40-46-52-67(72)84-63(56-78-65(70)50-44-38-32-24-17-15-13-11-8-2)58-82-86(74,75)80-54-62(69)55-81-87(76,77)83-59-64(57-79-66(71)51-45-39-33-29-23-25-30-36-42-48-60(4)5)85-68(73)53-47-41-35-28-22-21-26-31-37-43-49-61(6)9-3/h60-64,69H,7-59H2,1-6H3,(H,74,75)(H,76,77)/t61?,62-,63+,64+/m0/s1. The fourth-order valence-electron chi connectivity index (χ4n) is 10.2. The zero-order valence-corrected chi connectivity index (χ0v) is 58.1. The first-order valence-corrected chi connectivity index (χ1v) is 38.5. The van der Waals surface area contributed by atoms with Gasteiger partial charge in [-0.15, -0.1) is 0 Å². The molecule has 0 heterocycles. The van der Waals surface area contributed by atoms with Gasteiger partial charge in [0.05, 0.1) is 26.4 Å². The van der Waals surface area contributed by atoms with Crippen LogP contribution in [0.4, 0.5) is 0 Å². The number of aliphatic hydroxyl groups is 1. The van der Waals surface area contributed by atoms with Gasteiger partial charge in [0.15, 0.2) is 12.2 Å². The van der Waals surface area contributed by atoms with E-state index in [-0.39, 0.29) is 25.7 Å². The smallest absolute Gasteiger partial charge is 0.462 e. The van der Waals surface area contributed by atoms with E-state index in [4.69, 9.17) is 37.0 Å². The summed E-state index contributed by atoms with van der Waals surface area (Å²) in [6, 6.07) is 0. The van der Waals surface area contributed by atoms with Crippen LogP contribution in [0.3, 0.4) is 0 Å². The third-order valence-electron chi connectivity index (χ3n) is 16.1. The van der Waals surface area contributed by atoms with Crippen LogP contribution >= 0.6 is 15.6 Å². The van der Waals surface area contributed by atoms with Crippen LogP contribution in [-0.4, -0.2) is 96.7 Å². The van der Waals surface area contributed by atoms with E-state index >= 15 is 0 Å². The van der Waals surface area contributed by atoms with Crippen LogP contribution in [0.15, 0.2) is 0 Å². The van der Waals surface area contributed by atoms with Gasteiger partial charge < -0.3 is 33.8 Å². The molecule has 6 atom stereocenters. The molecule has 0 aromatic carbocycles. The Morgan fingerprint density at radius 2 is 0.586 bits per heavy atom. The van der Waals surface area contributed by atoms with Gasteiger partial charge in [-0.1, -0.05) is 292 Å². The topological polar surface area (TPSA) is 237 Å². The van der Waals surface area contributed by atoms with E-state index in [1.54, 1.807) is 0 Å². The van der Waals surface area contributed by atoms with Gasteiger partial charge in [-0.3, -0.25) is 37.3 Å². The van der Waals surface area contributed by atoms with Gasteiger partial charge in [-0.2, -0.15) is 0 Å². The van der Waals surface area contributed by atoms with Gasteiger partial charge in [0.25, 0.3) is 0 Å². The highest BCUT2D eigenvalue weighted by Crippen LogP contribution is 2.45. The van der Waals surface area contributed by atoms with Crippen molar-refractivity contribution in [3.05, 3.63) is 0 Å². The van der Waals surface area contributed by atoms with Crippen molar-refractivity contribution in [2.45, 2.75) is 362 Å². The van der Waals surface area contributed by atoms with E-state index in [0.29, 0.717) is 25.7 Å². The lowest BCUT2D eigenvalue weighted by Gasteiger charge is -2.21. The maximum Gasteiger partial charge on any atom is 0.472 e. The van der Waals surface area contributed by atoms with Crippen molar-refractivity contribution in [3.8, 4) is 0 Å². The summed E-state index contributed by atoms with van der Waals surface area (Å²) in [5.74, 6) is -0.580. The Morgan fingerprint density at radius 3 is 0.874 bits per heavy atom. The molecule has 3 unspecified atom stereocenters. The van der Waals surface area contributed by atoms with E-state index in [9.17, 15) is 43.2 Å². The predicted molar refractivity (Wildman–Crippen MR) is 349 cm³/mol. The molecule has 19 heteroatoms. The first kappa shape index (κ1) is 85.1. The molecule has 3 N–H and O–H groups in total. The van der Waals surface area contributed by atoms with Crippen molar-refractivity contribution in [2.24, 2.45) is 11.8 Å². The molecule has 0 fully saturated rings. The number of unbranched alkanes of at least 4 members (excludes halogenated alkanes) is 36. The summed E-state index contributed by atoms with van der Waals surface area (Å²) >= 11 is 0. The molecule has 0 saturated heterocycles. The molecule has 0 saturated carbocycles. The minimum Gasteiger partial charge on any atom is -0.462 e. The van der Waals surface area contributed by atoms with Gasteiger partial charge in [-0.05, 0) is 37.5 Å². The number of ether oxygens (including phenoxy) is 4. The fraction of sp³-hybridized carbons (Fsp3) is 0.941. The largest absolute Gasteiger partial charge is 0.472 e. The molecule has 0 aliphatic rings. The van der Waals surface area contributed by atoms with Crippen LogP contribution in [0.1, 0.15) is 343 Å². The zero-order chi connectivity index (χ0) is 64.3. The quantitative estimate of drug-likeness (QED) is 0.0222. The molecule has 17 nitrogen and oxygen atoms in total. The van der Waals surface area contributed by atoms with Crippen LogP contribution in [0, 0.1) is 11.8 Å². The average Bonchev–Trinajstić information content (AvgIpc) is 3.71. The molecule has 0 amide bonds. The molecule has 0 aromatic heterocycles. The molecule has 0 aromatic rings. The second-order valence-electron chi connectivity index (χ2n) is 25.3. The van der Waals surface area contributed by atoms with Crippen molar-refractivity contribution in [1.82, 2.24) is 0 Å². The summed E-state index contributed by atoms with van der Waals surface area (Å²) in [5, 5.41) is 10.6. The molecule has 516 valence electrons. The highest BCUT2D eigenvalue weighted by molar-refractivity contribution is 7.47. The molecule has 0 bridgehead atoms. The minimum absolute atomic E-state index is 0.106. The molecular formula is C68H132O17P2. The SMILES string of the molecule is CCCCCCCCCCCCCCC(=O)O[C@H](COC(=O)CCCCCCCCCCC)COP(=O)(O)OC[C@H](O)COP(=O)(O)OC[C@@H](COC(=O)CCCCCCCCCCCC(C)C)OC(=O)CCCCCCCCCCCCC(C)CC. The number of hydrogen-bond acceptors (Lipinski definition) is 15. The van der Waals surface area contributed by atoms with E-state index < -0.39 is 97.5 Å². The number of rotatable bonds is 67. The summed E-state index contributed by atoms with van der Waals surface area (Å²) in [6.45, 7) is 9.52. The average molecular weight is 1280 g/mol. The maximum atomic E-state index is 13.0. The molecule has 0 aliphatic carbocycles. The van der Waals surface area contributed by atoms with Crippen molar-refractivity contribution < 1.29 is 80.2 Å². The van der Waals surface area contributed by atoms with Crippen LogP contribution < -0.4 is 0 Å². The Hall–Kier alpha value is -1.94. The number of phosphoric acid groups is 2. The summed E-state index contributed by atoms with van der Waals surface area (Å²) in [4.78, 5) is 72.4. The second-order valence-corrected chi connectivity index (χ2v) is 28.2. The number of esters is 4. The Labute approximate surface area is 530 Å². The summed E-state index contributed by atoms with van der Waals surface area (Å²) in [7, 11) is -9.89. The summed E-state index contributed by atoms with van der Waals surface area (Å²) < 4.78 is 68.2. The van der Waals surface area contributed by atoms with Crippen molar-refractivity contribution in [1.29, 1.82) is 0 Å². The molecule has 87 heavy (non-hydrogen) atoms. The Morgan fingerprint density at radius 1 is 0.333 bits per heavy atom. The Bertz CT molecular complexity index is 1700. The first-order valence-electron chi connectivity index (χ1n) is 35.5.